The molecule has 3 aromatic rings. The van der Waals surface area contributed by atoms with Gasteiger partial charge in [-0.1, -0.05) is 5.16 Å². The van der Waals surface area contributed by atoms with Gasteiger partial charge in [0.05, 0.1) is 11.2 Å². The summed E-state index contributed by atoms with van der Waals surface area (Å²) in [7, 11) is 0. The van der Waals surface area contributed by atoms with Gasteiger partial charge in [0.2, 0.25) is 5.89 Å². The van der Waals surface area contributed by atoms with Crippen LogP contribution >= 0.6 is 0 Å². The number of aromatic nitrogens is 3. The molecule has 0 fully saturated rings. The maximum Gasteiger partial charge on any atom is 0.228 e. The van der Waals surface area contributed by atoms with Gasteiger partial charge >= 0.3 is 0 Å². The predicted molar refractivity (Wildman–Crippen MR) is 77.3 cm³/mol. The Morgan fingerprint density at radius 1 is 1.43 bits per heavy atom. The second-order valence-electron chi connectivity index (χ2n) is 4.63. The molecule has 2 aromatic heterocycles. The Hall–Kier alpha value is -2.70. The van der Waals surface area contributed by atoms with Gasteiger partial charge in [0, 0.05) is 30.2 Å². The summed E-state index contributed by atoms with van der Waals surface area (Å²) in [6, 6.07) is 4.87. The van der Waals surface area contributed by atoms with Crippen LogP contribution in [0.5, 0.6) is 0 Å². The maximum absolute atomic E-state index is 14.1. The molecule has 3 rings (SSSR count). The van der Waals surface area contributed by atoms with Gasteiger partial charge in [-0.3, -0.25) is 4.98 Å². The van der Waals surface area contributed by atoms with Gasteiger partial charge in [0.1, 0.15) is 0 Å². The Labute approximate surface area is 120 Å². The molecular formula is C14H14FN5O. The van der Waals surface area contributed by atoms with Crippen LogP contribution in [0.2, 0.25) is 0 Å². The second kappa shape index (κ2) is 5.35. The molecule has 1 aromatic carbocycles. The van der Waals surface area contributed by atoms with Crippen molar-refractivity contribution in [3.63, 3.8) is 0 Å². The van der Waals surface area contributed by atoms with E-state index < -0.39 is 5.82 Å². The molecule has 0 amide bonds. The van der Waals surface area contributed by atoms with Crippen molar-refractivity contribution in [1.82, 2.24) is 15.1 Å². The topological polar surface area (TPSA) is 89.9 Å². The Balaban J connectivity index is 1.83. The largest absolute Gasteiger partial charge is 0.398 e. The quantitative estimate of drug-likeness (QED) is 0.716. The number of benzene rings is 1. The van der Waals surface area contributed by atoms with Crippen LogP contribution < -0.4 is 11.1 Å². The summed E-state index contributed by atoms with van der Waals surface area (Å²) in [4.78, 5) is 8.29. The summed E-state index contributed by atoms with van der Waals surface area (Å²) in [5, 5.41) is 7.44. The molecular weight excluding hydrogens is 273 g/mol. The zero-order valence-electron chi connectivity index (χ0n) is 11.4. The van der Waals surface area contributed by atoms with Gasteiger partial charge in [-0.15, -0.1) is 0 Å². The first-order valence-electron chi connectivity index (χ1n) is 6.51. The first kappa shape index (κ1) is 13.3. The molecule has 0 spiro atoms. The zero-order chi connectivity index (χ0) is 14.8. The van der Waals surface area contributed by atoms with E-state index in [1.54, 1.807) is 19.2 Å². The highest BCUT2D eigenvalue weighted by Crippen LogP contribution is 2.29. The number of nitrogen functional groups attached to an aromatic ring is 1. The number of hydrogen-bond acceptors (Lipinski definition) is 6. The van der Waals surface area contributed by atoms with E-state index in [0.29, 0.717) is 41.6 Å². The molecule has 108 valence electrons. The number of pyridine rings is 1. The lowest BCUT2D eigenvalue weighted by molar-refractivity contribution is 0.377. The highest BCUT2D eigenvalue weighted by atomic mass is 19.1. The van der Waals surface area contributed by atoms with E-state index in [-0.39, 0.29) is 0 Å². The fraction of sp³-hybridized carbons (Fsp3) is 0.214. The Morgan fingerprint density at radius 2 is 2.29 bits per heavy atom. The van der Waals surface area contributed by atoms with Gasteiger partial charge in [0.15, 0.2) is 11.6 Å². The first-order valence-corrected chi connectivity index (χ1v) is 6.51. The van der Waals surface area contributed by atoms with Crippen molar-refractivity contribution >= 4 is 22.3 Å². The van der Waals surface area contributed by atoms with Gasteiger partial charge in [0.25, 0.3) is 0 Å². The van der Waals surface area contributed by atoms with Crippen molar-refractivity contribution in [2.24, 2.45) is 0 Å². The van der Waals surface area contributed by atoms with E-state index >= 15 is 0 Å². The number of rotatable bonds is 4. The average Bonchev–Trinajstić information content (AvgIpc) is 2.88. The average molecular weight is 287 g/mol. The number of hydrogen-bond donors (Lipinski definition) is 2. The molecule has 0 saturated heterocycles. The van der Waals surface area contributed by atoms with Crippen LogP contribution in [0.25, 0.3) is 10.9 Å². The number of nitrogens with one attached hydrogen (secondary N) is 1. The number of aryl methyl sites for hydroxylation is 1. The molecule has 0 aliphatic heterocycles. The van der Waals surface area contributed by atoms with E-state index in [0.717, 1.165) is 5.39 Å². The molecule has 0 aliphatic rings. The second-order valence-corrected chi connectivity index (χ2v) is 4.63. The molecule has 0 atom stereocenters. The van der Waals surface area contributed by atoms with Crippen molar-refractivity contribution in [2.75, 3.05) is 17.6 Å². The highest BCUT2D eigenvalue weighted by molar-refractivity contribution is 5.98. The summed E-state index contributed by atoms with van der Waals surface area (Å²) in [5.41, 5.74) is 7.02. The SMILES string of the molecule is Cc1noc(CCNc2c(F)cc(N)c3cccnc23)n1. The Morgan fingerprint density at radius 3 is 3.05 bits per heavy atom. The molecule has 0 bridgehead atoms. The van der Waals surface area contributed by atoms with Crippen LogP contribution in [0.3, 0.4) is 0 Å². The van der Waals surface area contributed by atoms with Crippen LogP contribution in [0.4, 0.5) is 15.8 Å². The minimum absolute atomic E-state index is 0.330. The summed E-state index contributed by atoms with van der Waals surface area (Å²) in [6.07, 6.45) is 2.10. The minimum atomic E-state index is -0.430. The van der Waals surface area contributed by atoms with Crippen molar-refractivity contribution < 1.29 is 8.91 Å². The van der Waals surface area contributed by atoms with Gasteiger partial charge in [-0.05, 0) is 25.1 Å². The number of anilines is 2. The number of nitrogens with two attached hydrogens (primary N) is 1. The van der Waals surface area contributed by atoms with Gasteiger partial charge in [-0.25, -0.2) is 4.39 Å². The summed E-state index contributed by atoms with van der Waals surface area (Å²) >= 11 is 0. The van der Waals surface area contributed by atoms with E-state index in [1.807, 2.05) is 6.07 Å². The zero-order valence-corrected chi connectivity index (χ0v) is 11.4. The monoisotopic (exact) mass is 287 g/mol. The summed E-state index contributed by atoms with van der Waals surface area (Å²) in [5.74, 6) is 0.657. The third kappa shape index (κ3) is 2.62. The standard InChI is InChI=1S/C14H14FN5O/c1-8-19-12(21-20-8)4-6-18-14-10(15)7-11(16)9-3-2-5-17-13(9)14/h2-3,5,7,18H,4,6,16H2,1H3. The Kier molecular flexibility index (Phi) is 3.39. The van der Waals surface area contributed by atoms with Crippen molar-refractivity contribution in [3.8, 4) is 0 Å². The molecule has 7 heteroatoms. The molecule has 6 nitrogen and oxygen atoms in total. The van der Waals surface area contributed by atoms with E-state index in [2.05, 4.69) is 20.4 Å². The minimum Gasteiger partial charge on any atom is -0.398 e. The first-order chi connectivity index (χ1) is 10.1. The molecule has 0 radical (unpaired) electrons. The maximum atomic E-state index is 14.1. The highest BCUT2D eigenvalue weighted by Gasteiger charge is 2.12. The van der Waals surface area contributed by atoms with Crippen LogP contribution in [-0.2, 0) is 6.42 Å². The predicted octanol–water partition coefficient (Wildman–Crippen LogP) is 2.30. The van der Waals surface area contributed by atoms with Crippen molar-refractivity contribution in [2.45, 2.75) is 13.3 Å². The number of fused-ring (bicyclic) bond motifs is 1. The lowest BCUT2D eigenvalue weighted by Gasteiger charge is -2.11. The van der Waals surface area contributed by atoms with Crippen LogP contribution in [-0.4, -0.2) is 21.7 Å². The van der Waals surface area contributed by atoms with Gasteiger partial charge in [-0.2, -0.15) is 4.98 Å². The lowest BCUT2D eigenvalue weighted by Crippen LogP contribution is -2.08. The molecule has 0 aliphatic carbocycles. The normalized spacial score (nSPS) is 11.0. The molecule has 0 unspecified atom stereocenters. The summed E-state index contributed by atoms with van der Waals surface area (Å²) in [6.45, 7) is 2.20. The number of halogens is 1. The smallest absolute Gasteiger partial charge is 0.228 e. The van der Waals surface area contributed by atoms with E-state index in [4.69, 9.17) is 10.3 Å². The third-order valence-electron chi connectivity index (χ3n) is 3.09. The fourth-order valence-electron chi connectivity index (χ4n) is 2.14. The molecule has 21 heavy (non-hydrogen) atoms. The van der Waals surface area contributed by atoms with Gasteiger partial charge < -0.3 is 15.6 Å². The Bertz CT molecular complexity index is 786. The molecule has 0 saturated carbocycles. The van der Waals surface area contributed by atoms with Crippen LogP contribution in [0, 0.1) is 12.7 Å². The van der Waals surface area contributed by atoms with Crippen LogP contribution in [0.1, 0.15) is 11.7 Å². The van der Waals surface area contributed by atoms with E-state index in [1.165, 1.54) is 6.07 Å². The fourth-order valence-corrected chi connectivity index (χ4v) is 2.14. The third-order valence-corrected chi connectivity index (χ3v) is 3.09. The van der Waals surface area contributed by atoms with E-state index in [9.17, 15) is 4.39 Å². The van der Waals surface area contributed by atoms with Crippen LogP contribution in [0.15, 0.2) is 28.9 Å². The lowest BCUT2D eigenvalue weighted by atomic mass is 10.1. The summed E-state index contributed by atoms with van der Waals surface area (Å²) < 4.78 is 19.1. The van der Waals surface area contributed by atoms with Crippen molar-refractivity contribution in [1.29, 1.82) is 0 Å². The molecule has 2 heterocycles. The van der Waals surface area contributed by atoms with Crippen molar-refractivity contribution in [3.05, 3.63) is 41.9 Å². The molecule has 3 N–H and O–H groups in total. The number of nitrogens with zero attached hydrogens (tertiary/aromatic N) is 3.